The van der Waals surface area contributed by atoms with Crippen LogP contribution < -0.4 is 5.73 Å². The molecule has 0 amide bonds. The lowest BCUT2D eigenvalue weighted by molar-refractivity contribution is -0.125. The average Bonchev–Trinajstić information content (AvgIpc) is 2.03. The van der Waals surface area contributed by atoms with E-state index >= 15 is 0 Å². The van der Waals surface area contributed by atoms with E-state index in [-0.39, 0.29) is 11.7 Å². The van der Waals surface area contributed by atoms with E-state index in [0.29, 0.717) is 12.0 Å². The molecule has 0 radical (unpaired) electrons. The first-order valence-corrected chi connectivity index (χ1v) is 4.73. The van der Waals surface area contributed by atoms with E-state index in [0.717, 1.165) is 0 Å². The summed E-state index contributed by atoms with van der Waals surface area (Å²) in [6.07, 6.45) is 1.98. The van der Waals surface area contributed by atoms with Crippen LogP contribution in [-0.2, 0) is 14.3 Å². The maximum Gasteiger partial charge on any atom is 0.167 e. The second-order valence-corrected chi connectivity index (χ2v) is 3.60. The molecule has 88 valence electrons. The summed E-state index contributed by atoms with van der Waals surface area (Å²) < 4.78 is 4.25. The number of carbonyl (C=O) groups is 2. The van der Waals surface area contributed by atoms with Crippen molar-refractivity contribution < 1.29 is 14.3 Å². The van der Waals surface area contributed by atoms with Crippen molar-refractivity contribution in [2.24, 2.45) is 17.6 Å². The molecule has 0 fully saturated rings. The molecule has 0 saturated heterocycles. The van der Waals surface area contributed by atoms with Gasteiger partial charge in [0, 0.05) is 26.0 Å². The van der Waals surface area contributed by atoms with Crippen molar-refractivity contribution in [3.63, 3.8) is 0 Å². The summed E-state index contributed by atoms with van der Waals surface area (Å²) in [7, 11) is 3.25. The predicted octanol–water partition coefficient (Wildman–Crippen LogP) is 1.15. The van der Waals surface area contributed by atoms with Gasteiger partial charge in [0.05, 0.1) is 5.92 Å². The summed E-state index contributed by atoms with van der Waals surface area (Å²) in [6, 6.07) is 0. The SMILES string of the molecule is C/C(N)=C/C(=O)C(C=O)C(C)C.COC. The number of nitrogens with two attached hydrogens (primary N) is 1. The molecule has 0 bridgehead atoms. The van der Waals surface area contributed by atoms with Gasteiger partial charge in [0.2, 0.25) is 0 Å². The number of methoxy groups -OCH3 is 1. The van der Waals surface area contributed by atoms with E-state index in [1.165, 1.54) is 6.08 Å². The van der Waals surface area contributed by atoms with Gasteiger partial charge in [-0.3, -0.25) is 4.79 Å². The Labute approximate surface area is 91.5 Å². The van der Waals surface area contributed by atoms with Crippen LogP contribution in [0.4, 0.5) is 0 Å². The van der Waals surface area contributed by atoms with Crippen molar-refractivity contribution >= 4 is 12.1 Å². The maximum absolute atomic E-state index is 11.2. The van der Waals surface area contributed by atoms with Crippen molar-refractivity contribution in [1.82, 2.24) is 0 Å². The Kier molecular flexibility index (Phi) is 10.2. The Morgan fingerprint density at radius 1 is 1.33 bits per heavy atom. The molecule has 0 aliphatic heterocycles. The molecule has 0 saturated carbocycles. The first kappa shape index (κ1) is 16.3. The van der Waals surface area contributed by atoms with Gasteiger partial charge in [-0.1, -0.05) is 13.8 Å². The summed E-state index contributed by atoms with van der Waals surface area (Å²) in [4.78, 5) is 21.7. The third-order valence-corrected chi connectivity index (χ3v) is 1.56. The highest BCUT2D eigenvalue weighted by atomic mass is 16.4. The molecule has 0 aromatic heterocycles. The van der Waals surface area contributed by atoms with Crippen LogP contribution in [0.25, 0.3) is 0 Å². The summed E-state index contributed by atoms with van der Waals surface area (Å²) in [5.74, 6) is -0.728. The molecule has 4 nitrogen and oxygen atoms in total. The van der Waals surface area contributed by atoms with E-state index in [9.17, 15) is 9.59 Å². The largest absolute Gasteiger partial charge is 0.402 e. The quantitative estimate of drug-likeness (QED) is 0.434. The molecule has 0 aromatic carbocycles. The molecule has 0 rings (SSSR count). The van der Waals surface area contributed by atoms with Gasteiger partial charge < -0.3 is 15.3 Å². The molecular weight excluding hydrogens is 194 g/mol. The third-order valence-electron chi connectivity index (χ3n) is 1.56. The highest BCUT2D eigenvalue weighted by Gasteiger charge is 2.18. The van der Waals surface area contributed by atoms with Gasteiger partial charge in [-0.05, 0) is 12.8 Å². The molecule has 1 unspecified atom stereocenters. The number of ether oxygens (including phenoxy) is 1. The number of aldehydes is 1. The van der Waals surface area contributed by atoms with E-state index in [1.54, 1.807) is 21.1 Å². The standard InChI is InChI=1S/C9H15NO2.C2H6O/c1-6(2)8(5-11)9(12)4-7(3)10;1-3-2/h4-6,8H,10H2,1-3H3;1-2H3/b7-4-;. The summed E-state index contributed by atoms with van der Waals surface area (Å²) in [5, 5.41) is 0. The fraction of sp³-hybridized carbons (Fsp3) is 0.636. The number of rotatable bonds is 4. The number of hydrogen-bond acceptors (Lipinski definition) is 4. The number of ketones is 1. The lowest BCUT2D eigenvalue weighted by atomic mass is 9.93. The maximum atomic E-state index is 11.2. The molecule has 0 aliphatic carbocycles. The van der Waals surface area contributed by atoms with Gasteiger partial charge in [-0.2, -0.15) is 0 Å². The Bertz CT molecular complexity index is 218. The highest BCUT2D eigenvalue weighted by molar-refractivity contribution is 6.01. The van der Waals surface area contributed by atoms with E-state index < -0.39 is 5.92 Å². The van der Waals surface area contributed by atoms with Crippen LogP contribution >= 0.6 is 0 Å². The Balaban J connectivity index is 0. The average molecular weight is 215 g/mol. The van der Waals surface area contributed by atoms with Crippen LogP contribution in [0, 0.1) is 11.8 Å². The monoisotopic (exact) mass is 215 g/mol. The lowest BCUT2D eigenvalue weighted by Crippen LogP contribution is -2.20. The van der Waals surface area contributed by atoms with Gasteiger partial charge >= 0.3 is 0 Å². The zero-order valence-corrected chi connectivity index (χ0v) is 10.1. The lowest BCUT2D eigenvalue weighted by Gasteiger charge is -2.09. The van der Waals surface area contributed by atoms with Crippen LogP contribution in [0.3, 0.4) is 0 Å². The van der Waals surface area contributed by atoms with E-state index in [4.69, 9.17) is 5.73 Å². The number of allylic oxidation sites excluding steroid dienone is 2. The second kappa shape index (κ2) is 9.40. The van der Waals surface area contributed by atoms with Crippen LogP contribution in [0.5, 0.6) is 0 Å². The molecule has 2 N–H and O–H groups in total. The zero-order valence-electron chi connectivity index (χ0n) is 10.1. The minimum absolute atomic E-state index is 0.0330. The van der Waals surface area contributed by atoms with E-state index in [2.05, 4.69) is 4.74 Å². The topological polar surface area (TPSA) is 69.4 Å². The summed E-state index contributed by atoms with van der Waals surface area (Å²) in [5.41, 5.74) is 5.75. The number of carbonyl (C=O) groups excluding carboxylic acids is 2. The third kappa shape index (κ3) is 9.15. The normalized spacial score (nSPS) is 12.8. The van der Waals surface area contributed by atoms with Crippen LogP contribution in [-0.4, -0.2) is 26.3 Å². The molecule has 4 heteroatoms. The molecular formula is C11H21NO3. The van der Waals surface area contributed by atoms with Crippen molar-refractivity contribution in [2.75, 3.05) is 14.2 Å². The fourth-order valence-electron chi connectivity index (χ4n) is 0.873. The van der Waals surface area contributed by atoms with Gasteiger partial charge in [-0.15, -0.1) is 0 Å². The van der Waals surface area contributed by atoms with Crippen LogP contribution in [0.1, 0.15) is 20.8 Å². The van der Waals surface area contributed by atoms with E-state index in [1.807, 2.05) is 13.8 Å². The molecule has 1 atom stereocenters. The predicted molar refractivity (Wildman–Crippen MR) is 60.3 cm³/mol. The fourth-order valence-corrected chi connectivity index (χ4v) is 0.873. The minimum atomic E-state index is -0.552. The molecule has 0 aromatic rings. The molecule has 0 aliphatic rings. The summed E-state index contributed by atoms with van der Waals surface area (Å²) >= 11 is 0. The first-order valence-electron chi connectivity index (χ1n) is 4.73. The van der Waals surface area contributed by atoms with Crippen molar-refractivity contribution in [3.05, 3.63) is 11.8 Å². The first-order chi connectivity index (χ1) is 6.90. The van der Waals surface area contributed by atoms with Crippen LogP contribution in [0.2, 0.25) is 0 Å². The Morgan fingerprint density at radius 2 is 1.73 bits per heavy atom. The van der Waals surface area contributed by atoms with Gasteiger partial charge in [0.25, 0.3) is 0 Å². The van der Waals surface area contributed by atoms with Gasteiger partial charge in [0.1, 0.15) is 6.29 Å². The summed E-state index contributed by atoms with van der Waals surface area (Å²) in [6.45, 7) is 5.29. The molecule has 15 heavy (non-hydrogen) atoms. The second-order valence-electron chi connectivity index (χ2n) is 3.60. The number of hydrogen-bond donors (Lipinski definition) is 1. The Hall–Kier alpha value is -1.16. The molecule has 0 spiro atoms. The van der Waals surface area contributed by atoms with Crippen molar-refractivity contribution in [2.45, 2.75) is 20.8 Å². The van der Waals surface area contributed by atoms with Crippen LogP contribution in [0.15, 0.2) is 11.8 Å². The Morgan fingerprint density at radius 3 is 1.93 bits per heavy atom. The highest BCUT2D eigenvalue weighted by Crippen LogP contribution is 2.09. The van der Waals surface area contributed by atoms with Gasteiger partial charge in [-0.25, -0.2) is 0 Å². The van der Waals surface area contributed by atoms with Crippen molar-refractivity contribution in [3.8, 4) is 0 Å². The molecule has 0 heterocycles. The van der Waals surface area contributed by atoms with Gasteiger partial charge in [0.15, 0.2) is 5.78 Å². The smallest absolute Gasteiger partial charge is 0.167 e. The minimum Gasteiger partial charge on any atom is -0.402 e. The zero-order chi connectivity index (χ0) is 12.4. The van der Waals surface area contributed by atoms with Crippen molar-refractivity contribution in [1.29, 1.82) is 0 Å².